The first-order valence-electron chi connectivity index (χ1n) is 11.9. The molecule has 0 atom stereocenters. The molecule has 0 spiro atoms. The number of H-pyrrole nitrogens is 1. The summed E-state index contributed by atoms with van der Waals surface area (Å²) >= 11 is 0. The quantitative estimate of drug-likeness (QED) is 0.644. The molecule has 2 fully saturated rings. The van der Waals surface area contributed by atoms with E-state index in [0.717, 1.165) is 55.5 Å². The first kappa shape index (κ1) is 21.6. The first-order valence-corrected chi connectivity index (χ1v) is 11.9. The zero-order valence-electron chi connectivity index (χ0n) is 19.0. The van der Waals surface area contributed by atoms with Gasteiger partial charge in [-0.25, -0.2) is 5.10 Å². The van der Waals surface area contributed by atoms with E-state index in [-0.39, 0.29) is 17.4 Å². The number of hydrogen-bond donors (Lipinski definition) is 1. The van der Waals surface area contributed by atoms with Gasteiger partial charge in [-0.2, -0.15) is 5.10 Å². The molecule has 1 aromatic carbocycles. The summed E-state index contributed by atoms with van der Waals surface area (Å²) in [5.41, 5.74) is 2.76. The molecule has 0 bridgehead atoms. The Kier molecular flexibility index (Phi) is 5.87. The summed E-state index contributed by atoms with van der Waals surface area (Å²) in [7, 11) is 0. The lowest BCUT2D eigenvalue weighted by Crippen LogP contribution is -2.50. The van der Waals surface area contributed by atoms with Crippen molar-refractivity contribution >= 4 is 5.91 Å². The molecule has 1 amide bonds. The predicted molar refractivity (Wildman–Crippen MR) is 125 cm³/mol. The van der Waals surface area contributed by atoms with Gasteiger partial charge in [0, 0.05) is 36.7 Å². The Hall–Kier alpha value is -3.22. The number of rotatable bonds is 4. The van der Waals surface area contributed by atoms with Gasteiger partial charge in [-0.3, -0.25) is 9.59 Å². The van der Waals surface area contributed by atoms with Crippen LogP contribution in [0, 0.1) is 6.92 Å². The topological polar surface area (TPSA) is 92.1 Å². The highest BCUT2D eigenvalue weighted by molar-refractivity contribution is 5.88. The van der Waals surface area contributed by atoms with Crippen LogP contribution in [0.4, 0.5) is 0 Å². The molecule has 3 heterocycles. The van der Waals surface area contributed by atoms with E-state index in [0.29, 0.717) is 24.4 Å². The number of nitrogens with one attached hydrogen (secondary N) is 1. The van der Waals surface area contributed by atoms with E-state index in [1.807, 2.05) is 31.2 Å². The second-order valence-corrected chi connectivity index (χ2v) is 9.44. The Labute approximate surface area is 193 Å². The molecule has 1 N–H and O–H groups in total. The largest absolute Gasteiger partial charge is 0.356 e. The lowest BCUT2D eigenvalue weighted by atomic mass is 9.68. The molecular formula is C26H30N4O3. The predicted octanol–water partition coefficient (Wildman–Crippen LogP) is 4.34. The highest BCUT2D eigenvalue weighted by Crippen LogP contribution is 2.42. The van der Waals surface area contributed by atoms with Gasteiger partial charge in [0.1, 0.15) is 0 Å². The Balaban J connectivity index is 1.36. The number of aryl methyl sites for hydroxylation is 1. The maximum Gasteiger partial charge on any atom is 0.264 e. The Bertz CT molecular complexity index is 1170. The summed E-state index contributed by atoms with van der Waals surface area (Å²) in [6.07, 6.45) is 6.84. The fourth-order valence-electron chi connectivity index (χ4n) is 5.61. The van der Waals surface area contributed by atoms with Crippen LogP contribution in [0.3, 0.4) is 0 Å². The number of aromatic nitrogens is 3. The van der Waals surface area contributed by atoms with Gasteiger partial charge >= 0.3 is 0 Å². The van der Waals surface area contributed by atoms with E-state index in [1.165, 1.54) is 12.5 Å². The number of amides is 1. The summed E-state index contributed by atoms with van der Waals surface area (Å²) in [5.74, 6) is 0.975. The van der Waals surface area contributed by atoms with Crippen molar-refractivity contribution in [3.8, 4) is 11.3 Å². The Morgan fingerprint density at radius 1 is 1.09 bits per heavy atom. The molecule has 7 nitrogen and oxygen atoms in total. The summed E-state index contributed by atoms with van der Waals surface area (Å²) < 4.78 is 5.43. The summed E-state index contributed by atoms with van der Waals surface area (Å²) in [6, 6.07) is 13.7. The SMILES string of the molecule is Cc1cc(-c2cc(=O)[nH]nc2C2CCN(C(=O)C3(c4ccccc4)CCCCC3)CC2)on1. The van der Waals surface area contributed by atoms with E-state index in [4.69, 9.17) is 4.52 Å². The van der Waals surface area contributed by atoms with Crippen molar-refractivity contribution in [3.05, 3.63) is 69.8 Å². The smallest absolute Gasteiger partial charge is 0.264 e. The number of nitrogens with zero attached hydrogens (tertiary/aromatic N) is 3. The van der Waals surface area contributed by atoms with E-state index in [1.54, 1.807) is 0 Å². The summed E-state index contributed by atoms with van der Waals surface area (Å²) in [5, 5.41) is 10.9. The van der Waals surface area contributed by atoms with Gasteiger partial charge in [0.15, 0.2) is 5.76 Å². The lowest BCUT2D eigenvalue weighted by molar-refractivity contribution is -0.140. The van der Waals surface area contributed by atoms with Crippen LogP contribution in [0.25, 0.3) is 11.3 Å². The molecule has 2 aliphatic rings. The molecule has 7 heteroatoms. The standard InChI is InChI=1S/C26H30N4O3/c1-18-16-22(33-29-18)21-17-23(31)27-28-24(21)19-10-14-30(15-11-19)25(32)26(12-6-3-7-13-26)20-8-4-2-5-9-20/h2,4-5,8-9,16-17,19H,3,6-7,10-15H2,1H3,(H,27,31). The average molecular weight is 447 g/mol. The molecule has 0 radical (unpaired) electrons. The average Bonchev–Trinajstić information content (AvgIpc) is 3.31. The van der Waals surface area contributed by atoms with Crippen LogP contribution in [-0.2, 0) is 10.2 Å². The van der Waals surface area contributed by atoms with Crippen molar-refractivity contribution in [1.29, 1.82) is 0 Å². The van der Waals surface area contributed by atoms with Crippen LogP contribution in [0.15, 0.2) is 51.8 Å². The monoisotopic (exact) mass is 446 g/mol. The summed E-state index contributed by atoms with van der Waals surface area (Å²) in [6.45, 7) is 3.23. The van der Waals surface area contributed by atoms with Crippen LogP contribution in [-0.4, -0.2) is 39.3 Å². The zero-order valence-corrected chi connectivity index (χ0v) is 19.0. The van der Waals surface area contributed by atoms with Crippen molar-refractivity contribution in [2.75, 3.05) is 13.1 Å². The molecule has 172 valence electrons. The third-order valence-corrected chi connectivity index (χ3v) is 7.34. The highest BCUT2D eigenvalue weighted by atomic mass is 16.5. The number of likely N-dealkylation sites (tertiary alicyclic amines) is 1. The molecule has 1 saturated heterocycles. The van der Waals surface area contributed by atoms with E-state index in [9.17, 15) is 9.59 Å². The first-order chi connectivity index (χ1) is 16.1. The van der Waals surface area contributed by atoms with Crippen LogP contribution < -0.4 is 5.56 Å². The van der Waals surface area contributed by atoms with Gasteiger partial charge in [-0.05, 0) is 38.2 Å². The highest BCUT2D eigenvalue weighted by Gasteiger charge is 2.44. The maximum atomic E-state index is 13.9. The molecule has 3 aromatic rings. The van der Waals surface area contributed by atoms with Gasteiger partial charge in [0.05, 0.1) is 16.8 Å². The Morgan fingerprint density at radius 2 is 1.82 bits per heavy atom. The van der Waals surface area contributed by atoms with Gasteiger partial charge in [-0.15, -0.1) is 0 Å². The molecule has 2 aromatic heterocycles. The molecule has 33 heavy (non-hydrogen) atoms. The number of aromatic amines is 1. The number of benzene rings is 1. The lowest BCUT2D eigenvalue weighted by Gasteiger charge is -2.42. The maximum absolute atomic E-state index is 13.9. The van der Waals surface area contributed by atoms with Crippen molar-refractivity contribution in [2.45, 2.75) is 63.2 Å². The minimum Gasteiger partial charge on any atom is -0.356 e. The van der Waals surface area contributed by atoms with Gasteiger partial charge in [-0.1, -0.05) is 54.8 Å². The van der Waals surface area contributed by atoms with Crippen LogP contribution >= 0.6 is 0 Å². The second-order valence-electron chi connectivity index (χ2n) is 9.44. The fourth-order valence-corrected chi connectivity index (χ4v) is 5.61. The molecule has 1 aliphatic heterocycles. The zero-order chi connectivity index (χ0) is 22.8. The van der Waals surface area contributed by atoms with Gasteiger partial charge in [0.25, 0.3) is 5.56 Å². The third kappa shape index (κ3) is 4.12. The molecule has 1 saturated carbocycles. The minimum absolute atomic E-state index is 0.144. The molecule has 1 aliphatic carbocycles. The number of carbonyl (C=O) groups is 1. The third-order valence-electron chi connectivity index (χ3n) is 7.34. The second kappa shape index (κ2) is 8.96. The fraction of sp³-hybridized carbons (Fsp3) is 0.462. The van der Waals surface area contributed by atoms with Gasteiger partial charge in [0.2, 0.25) is 5.91 Å². The van der Waals surface area contributed by atoms with Crippen molar-refractivity contribution in [1.82, 2.24) is 20.3 Å². The van der Waals surface area contributed by atoms with Crippen molar-refractivity contribution in [2.24, 2.45) is 0 Å². The minimum atomic E-state index is -0.398. The van der Waals surface area contributed by atoms with Crippen LogP contribution in [0.1, 0.15) is 67.8 Å². The molecule has 0 unspecified atom stereocenters. The summed E-state index contributed by atoms with van der Waals surface area (Å²) in [4.78, 5) is 27.9. The van der Waals surface area contributed by atoms with E-state index >= 15 is 0 Å². The van der Waals surface area contributed by atoms with Crippen LogP contribution in [0.5, 0.6) is 0 Å². The normalized spacial score (nSPS) is 18.9. The molecule has 5 rings (SSSR count). The number of piperidine rings is 1. The molecular weight excluding hydrogens is 416 g/mol. The number of carbonyl (C=O) groups excluding carboxylic acids is 1. The van der Waals surface area contributed by atoms with Crippen molar-refractivity contribution < 1.29 is 9.32 Å². The number of hydrogen-bond acceptors (Lipinski definition) is 5. The van der Waals surface area contributed by atoms with Crippen molar-refractivity contribution in [3.63, 3.8) is 0 Å². The van der Waals surface area contributed by atoms with Crippen LogP contribution in [0.2, 0.25) is 0 Å². The Morgan fingerprint density at radius 3 is 2.48 bits per heavy atom. The van der Waals surface area contributed by atoms with Gasteiger partial charge < -0.3 is 9.42 Å². The van der Waals surface area contributed by atoms with E-state index in [2.05, 4.69) is 32.4 Å². The van der Waals surface area contributed by atoms with E-state index < -0.39 is 5.41 Å².